The molecule has 7 heteroatoms. The van der Waals surface area contributed by atoms with Gasteiger partial charge in [-0.3, -0.25) is 4.79 Å². The molecule has 0 spiro atoms. The zero-order valence-corrected chi connectivity index (χ0v) is 16.2. The van der Waals surface area contributed by atoms with E-state index in [1.807, 2.05) is 6.92 Å². The van der Waals surface area contributed by atoms with Crippen molar-refractivity contribution in [2.45, 2.75) is 18.7 Å². The molecule has 27 heavy (non-hydrogen) atoms. The fourth-order valence-corrected chi connectivity index (χ4v) is 3.50. The van der Waals surface area contributed by atoms with E-state index in [2.05, 4.69) is 4.98 Å². The SMILES string of the molecule is Cc1ccc(S(=O)(=O)Oc2nc(C)ccc2C(=O)c2cccc(Cl)c2)cc1. The molecule has 0 amide bonds. The highest BCUT2D eigenvalue weighted by molar-refractivity contribution is 7.87. The lowest BCUT2D eigenvalue weighted by Gasteiger charge is -2.11. The number of aryl methyl sites for hydroxylation is 2. The second-order valence-corrected chi connectivity index (χ2v) is 7.98. The number of carbonyl (C=O) groups excluding carboxylic acids is 1. The van der Waals surface area contributed by atoms with Gasteiger partial charge in [-0.2, -0.15) is 8.42 Å². The first-order chi connectivity index (χ1) is 12.8. The van der Waals surface area contributed by atoms with Gasteiger partial charge in [0.25, 0.3) is 0 Å². The molecule has 138 valence electrons. The van der Waals surface area contributed by atoms with Gasteiger partial charge in [0.15, 0.2) is 5.78 Å². The molecule has 3 rings (SSSR count). The Balaban J connectivity index is 2.02. The smallest absolute Gasteiger partial charge is 0.340 e. The van der Waals surface area contributed by atoms with Crippen molar-refractivity contribution in [2.24, 2.45) is 0 Å². The number of hydrogen-bond donors (Lipinski definition) is 0. The Morgan fingerprint density at radius 2 is 1.70 bits per heavy atom. The first kappa shape index (κ1) is 19.1. The molecule has 3 aromatic rings. The standard InChI is InChI=1S/C20H16ClNO4S/c1-13-6-9-17(10-7-13)27(24,25)26-20-18(11-8-14(2)22-20)19(23)15-4-3-5-16(21)12-15/h3-12H,1-2H3. The van der Waals surface area contributed by atoms with E-state index < -0.39 is 15.9 Å². The third kappa shape index (κ3) is 4.35. The van der Waals surface area contributed by atoms with E-state index in [1.165, 1.54) is 24.3 Å². The lowest BCUT2D eigenvalue weighted by molar-refractivity contribution is 0.103. The predicted octanol–water partition coefficient (Wildman–Crippen LogP) is 4.35. The van der Waals surface area contributed by atoms with Crippen molar-refractivity contribution < 1.29 is 17.4 Å². The van der Waals surface area contributed by atoms with Crippen LogP contribution in [0.4, 0.5) is 0 Å². The minimum Gasteiger partial charge on any atom is -0.357 e. The largest absolute Gasteiger partial charge is 0.357 e. The van der Waals surface area contributed by atoms with Gasteiger partial charge in [-0.25, -0.2) is 4.98 Å². The van der Waals surface area contributed by atoms with Gasteiger partial charge in [-0.1, -0.05) is 41.4 Å². The van der Waals surface area contributed by atoms with E-state index in [0.29, 0.717) is 16.3 Å². The summed E-state index contributed by atoms with van der Waals surface area (Å²) in [6.45, 7) is 3.53. The monoisotopic (exact) mass is 401 g/mol. The van der Waals surface area contributed by atoms with E-state index >= 15 is 0 Å². The van der Waals surface area contributed by atoms with E-state index in [1.54, 1.807) is 43.3 Å². The molecule has 0 N–H and O–H groups in total. The average molecular weight is 402 g/mol. The maximum atomic E-state index is 12.8. The molecule has 1 aromatic heterocycles. The zero-order chi connectivity index (χ0) is 19.6. The molecule has 0 atom stereocenters. The molecule has 1 heterocycles. The van der Waals surface area contributed by atoms with Crippen LogP contribution in [0.1, 0.15) is 27.2 Å². The number of rotatable bonds is 5. The fourth-order valence-electron chi connectivity index (χ4n) is 2.41. The predicted molar refractivity (Wildman–Crippen MR) is 103 cm³/mol. The quantitative estimate of drug-likeness (QED) is 0.469. The number of halogens is 1. The molecule has 0 saturated carbocycles. The van der Waals surface area contributed by atoms with Gasteiger partial charge in [0.2, 0.25) is 5.88 Å². The summed E-state index contributed by atoms with van der Waals surface area (Å²) in [5.74, 6) is -0.695. The van der Waals surface area contributed by atoms with Crippen LogP contribution < -0.4 is 4.18 Å². The van der Waals surface area contributed by atoms with Gasteiger partial charge in [-0.05, 0) is 50.2 Å². The number of aromatic nitrogens is 1. The number of hydrogen-bond acceptors (Lipinski definition) is 5. The zero-order valence-electron chi connectivity index (χ0n) is 14.6. The minimum absolute atomic E-state index is 0.0161. The highest BCUT2D eigenvalue weighted by Crippen LogP contribution is 2.25. The Hall–Kier alpha value is -2.70. The first-order valence-electron chi connectivity index (χ1n) is 8.05. The van der Waals surface area contributed by atoms with Gasteiger partial charge in [0.1, 0.15) is 4.90 Å². The summed E-state index contributed by atoms with van der Waals surface area (Å²) in [5.41, 5.74) is 1.79. The second-order valence-electron chi connectivity index (χ2n) is 6.00. The molecule has 0 bridgehead atoms. The van der Waals surface area contributed by atoms with E-state index in [-0.39, 0.29) is 16.3 Å². The third-order valence-corrected chi connectivity index (χ3v) is 5.29. The van der Waals surface area contributed by atoms with Crippen LogP contribution in [0.2, 0.25) is 5.02 Å². The van der Waals surface area contributed by atoms with Gasteiger partial charge in [-0.15, -0.1) is 0 Å². The number of ketones is 1. The maximum absolute atomic E-state index is 12.8. The Kier molecular flexibility index (Phi) is 5.30. The van der Waals surface area contributed by atoms with Crippen LogP contribution in [0.3, 0.4) is 0 Å². The van der Waals surface area contributed by atoms with Crippen LogP contribution in [0.15, 0.2) is 65.6 Å². The third-order valence-electron chi connectivity index (χ3n) is 3.83. The molecule has 0 aliphatic carbocycles. The minimum atomic E-state index is -4.13. The Bertz CT molecular complexity index is 1110. The Morgan fingerprint density at radius 3 is 2.37 bits per heavy atom. The van der Waals surface area contributed by atoms with Crippen molar-refractivity contribution in [2.75, 3.05) is 0 Å². The fraction of sp³-hybridized carbons (Fsp3) is 0.100. The summed E-state index contributed by atoms with van der Waals surface area (Å²) in [4.78, 5) is 16.9. The van der Waals surface area contributed by atoms with Crippen LogP contribution in [-0.4, -0.2) is 19.2 Å². The normalized spacial score (nSPS) is 11.2. The molecule has 0 fully saturated rings. The highest BCUT2D eigenvalue weighted by atomic mass is 35.5. The molecule has 0 aliphatic rings. The molecular formula is C20H16ClNO4S. The van der Waals surface area contributed by atoms with Gasteiger partial charge >= 0.3 is 10.1 Å². The number of pyridine rings is 1. The van der Waals surface area contributed by atoms with E-state index in [0.717, 1.165) is 5.56 Å². The number of benzene rings is 2. The van der Waals surface area contributed by atoms with Crippen LogP contribution in [-0.2, 0) is 10.1 Å². The highest BCUT2D eigenvalue weighted by Gasteiger charge is 2.23. The Labute approximate surface area is 162 Å². The molecule has 0 radical (unpaired) electrons. The number of carbonyl (C=O) groups is 1. The second kappa shape index (κ2) is 7.50. The summed E-state index contributed by atoms with van der Waals surface area (Å²) in [5, 5.41) is 0.399. The molecule has 0 saturated heterocycles. The lowest BCUT2D eigenvalue weighted by atomic mass is 10.0. The summed E-state index contributed by atoms with van der Waals surface area (Å²) in [6, 6.07) is 15.7. The summed E-state index contributed by atoms with van der Waals surface area (Å²) < 4.78 is 30.4. The lowest BCUT2D eigenvalue weighted by Crippen LogP contribution is -2.14. The van der Waals surface area contributed by atoms with Crippen molar-refractivity contribution in [1.82, 2.24) is 4.98 Å². The topological polar surface area (TPSA) is 73.3 Å². The molecular weight excluding hydrogens is 386 g/mol. The van der Waals surface area contributed by atoms with Crippen molar-refractivity contribution >= 4 is 27.5 Å². The Morgan fingerprint density at radius 1 is 1.00 bits per heavy atom. The van der Waals surface area contributed by atoms with Crippen LogP contribution in [0.5, 0.6) is 5.88 Å². The van der Waals surface area contributed by atoms with Crippen molar-refractivity contribution in [1.29, 1.82) is 0 Å². The summed E-state index contributed by atoms with van der Waals surface area (Å²) in [6.07, 6.45) is 0. The van der Waals surface area contributed by atoms with Crippen molar-refractivity contribution in [3.63, 3.8) is 0 Å². The van der Waals surface area contributed by atoms with E-state index in [9.17, 15) is 13.2 Å². The summed E-state index contributed by atoms with van der Waals surface area (Å²) >= 11 is 5.95. The average Bonchev–Trinajstić information content (AvgIpc) is 2.61. The first-order valence-corrected chi connectivity index (χ1v) is 9.84. The van der Waals surface area contributed by atoms with Crippen molar-refractivity contribution in [3.8, 4) is 5.88 Å². The maximum Gasteiger partial charge on any atom is 0.340 e. The molecule has 5 nitrogen and oxygen atoms in total. The van der Waals surface area contributed by atoms with Crippen LogP contribution in [0.25, 0.3) is 0 Å². The molecule has 2 aromatic carbocycles. The van der Waals surface area contributed by atoms with Gasteiger partial charge < -0.3 is 4.18 Å². The van der Waals surface area contributed by atoms with Crippen LogP contribution in [0, 0.1) is 13.8 Å². The number of nitrogens with zero attached hydrogens (tertiary/aromatic N) is 1. The van der Waals surface area contributed by atoms with E-state index in [4.69, 9.17) is 15.8 Å². The van der Waals surface area contributed by atoms with Gasteiger partial charge in [0, 0.05) is 16.3 Å². The molecule has 0 unspecified atom stereocenters. The van der Waals surface area contributed by atoms with Gasteiger partial charge in [0.05, 0.1) is 5.56 Å². The summed E-state index contributed by atoms with van der Waals surface area (Å²) in [7, 11) is -4.13. The van der Waals surface area contributed by atoms with Crippen molar-refractivity contribution in [3.05, 3.63) is 88.1 Å². The van der Waals surface area contributed by atoms with Crippen LogP contribution >= 0.6 is 11.6 Å². The molecule has 0 aliphatic heterocycles.